The highest BCUT2D eigenvalue weighted by Crippen LogP contribution is 2.36. The van der Waals surface area contributed by atoms with Gasteiger partial charge in [-0.05, 0) is 62.0 Å². The number of hydrogen-bond acceptors (Lipinski definition) is 5. The number of benzene rings is 3. The van der Waals surface area contributed by atoms with Gasteiger partial charge in [-0.3, -0.25) is 14.1 Å². The van der Waals surface area contributed by atoms with Crippen LogP contribution in [0.25, 0.3) is 0 Å². The molecule has 194 valence electrons. The van der Waals surface area contributed by atoms with Crippen LogP contribution in [0.15, 0.2) is 83.9 Å². The minimum absolute atomic E-state index is 0.114. The van der Waals surface area contributed by atoms with Crippen molar-refractivity contribution >= 4 is 38.7 Å². The van der Waals surface area contributed by atoms with Gasteiger partial charge in [0.25, 0.3) is 0 Å². The van der Waals surface area contributed by atoms with Crippen LogP contribution in [-0.4, -0.2) is 57.9 Å². The summed E-state index contributed by atoms with van der Waals surface area (Å²) < 4.78 is 27.7. The number of unbranched alkanes of at least 4 members (excludes halogenated alkanes) is 1. The third kappa shape index (κ3) is 6.26. The molecule has 8 heteroatoms. The zero-order chi connectivity index (χ0) is 26.4. The van der Waals surface area contributed by atoms with Crippen LogP contribution in [0.1, 0.15) is 36.8 Å². The quantitative estimate of drug-likeness (QED) is 0.361. The molecular weight excluding hydrogens is 484 g/mol. The summed E-state index contributed by atoms with van der Waals surface area (Å²) in [5.41, 5.74) is 4.46. The maximum absolute atomic E-state index is 13.1. The molecule has 1 aliphatic rings. The number of nitrogens with zero attached hydrogens (tertiary/aromatic N) is 3. The van der Waals surface area contributed by atoms with E-state index in [0.717, 1.165) is 23.2 Å². The van der Waals surface area contributed by atoms with Crippen molar-refractivity contribution in [3.63, 3.8) is 0 Å². The fraction of sp³-hybridized carbons (Fsp3) is 0.310. The Kier molecular flexibility index (Phi) is 8.41. The lowest BCUT2D eigenvalue weighted by Crippen LogP contribution is -2.38. The van der Waals surface area contributed by atoms with E-state index in [1.807, 2.05) is 92.6 Å². The second kappa shape index (κ2) is 11.7. The first-order chi connectivity index (χ1) is 17.8. The molecule has 3 aromatic rings. The third-order valence-corrected chi connectivity index (χ3v) is 8.23. The summed E-state index contributed by atoms with van der Waals surface area (Å²) in [5, 5.41) is 2.97. The van der Waals surface area contributed by atoms with Gasteiger partial charge in [0.1, 0.15) is 5.92 Å². The zero-order valence-corrected chi connectivity index (χ0v) is 22.4. The molecule has 0 spiro atoms. The standard InChI is InChI=1S/C29H34N4O3S/c1-4-5-21-37(35,36)33(20-19-32(2)3)24-17-15-23(16-18-24)30-28(22-11-7-6-8-12-22)27-25-13-9-10-14-26(25)31-29(27)34/h6-18,27H,4-5,19-21H2,1-3H3,(H,31,34). The van der Waals surface area contributed by atoms with E-state index in [1.54, 1.807) is 12.1 Å². The molecule has 0 saturated heterocycles. The Morgan fingerprint density at radius 2 is 1.59 bits per heavy atom. The van der Waals surface area contributed by atoms with Crippen molar-refractivity contribution in [3.05, 3.63) is 90.0 Å². The molecule has 1 heterocycles. The molecule has 1 amide bonds. The number of amides is 1. The van der Waals surface area contributed by atoms with Crippen LogP contribution >= 0.6 is 0 Å². The van der Waals surface area contributed by atoms with E-state index in [0.29, 0.717) is 36.6 Å². The van der Waals surface area contributed by atoms with Crippen LogP contribution in [0, 0.1) is 0 Å². The minimum Gasteiger partial charge on any atom is -0.325 e. The molecule has 0 fully saturated rings. The average Bonchev–Trinajstić information content (AvgIpc) is 3.22. The largest absolute Gasteiger partial charge is 0.325 e. The van der Waals surface area contributed by atoms with Gasteiger partial charge in [-0.25, -0.2) is 8.42 Å². The first-order valence-electron chi connectivity index (χ1n) is 12.6. The SMILES string of the molecule is CCCCS(=O)(=O)N(CCN(C)C)c1ccc(N=C(c2ccccc2)C2C(=O)Nc3ccccc32)cc1. The van der Waals surface area contributed by atoms with Crippen molar-refractivity contribution in [1.29, 1.82) is 0 Å². The molecule has 1 aliphatic heterocycles. The highest BCUT2D eigenvalue weighted by Gasteiger charge is 2.35. The molecule has 1 atom stereocenters. The Labute approximate surface area is 219 Å². The van der Waals surface area contributed by atoms with Gasteiger partial charge in [0.2, 0.25) is 15.9 Å². The Bertz CT molecular complexity index is 1350. The van der Waals surface area contributed by atoms with Crippen molar-refractivity contribution in [1.82, 2.24) is 4.90 Å². The van der Waals surface area contributed by atoms with Gasteiger partial charge in [0.15, 0.2) is 0 Å². The molecule has 1 unspecified atom stereocenters. The van der Waals surface area contributed by atoms with E-state index in [-0.39, 0.29) is 11.7 Å². The number of sulfonamides is 1. The van der Waals surface area contributed by atoms with E-state index in [2.05, 4.69) is 5.32 Å². The van der Waals surface area contributed by atoms with Crippen LogP contribution in [0.4, 0.5) is 17.1 Å². The van der Waals surface area contributed by atoms with Crippen molar-refractivity contribution in [3.8, 4) is 0 Å². The molecule has 7 nitrogen and oxygen atoms in total. The van der Waals surface area contributed by atoms with E-state index < -0.39 is 15.9 Å². The molecular formula is C29H34N4O3S. The molecule has 0 aromatic heterocycles. The fourth-order valence-corrected chi connectivity index (χ4v) is 6.05. The summed E-state index contributed by atoms with van der Waals surface area (Å²) >= 11 is 0. The van der Waals surface area contributed by atoms with Gasteiger partial charge < -0.3 is 10.2 Å². The first-order valence-corrected chi connectivity index (χ1v) is 14.2. The predicted molar refractivity (Wildman–Crippen MR) is 151 cm³/mol. The Morgan fingerprint density at radius 3 is 2.27 bits per heavy atom. The van der Waals surface area contributed by atoms with E-state index >= 15 is 0 Å². The smallest absolute Gasteiger partial charge is 0.238 e. The highest BCUT2D eigenvalue weighted by atomic mass is 32.2. The second-order valence-corrected chi connectivity index (χ2v) is 11.4. The van der Waals surface area contributed by atoms with Gasteiger partial charge >= 0.3 is 0 Å². The number of carbonyl (C=O) groups excluding carboxylic acids is 1. The number of nitrogens with one attached hydrogen (secondary N) is 1. The Balaban J connectivity index is 1.71. The molecule has 4 rings (SSSR count). The van der Waals surface area contributed by atoms with Gasteiger partial charge in [-0.2, -0.15) is 0 Å². The summed E-state index contributed by atoms with van der Waals surface area (Å²) in [6.07, 6.45) is 1.43. The number of para-hydroxylation sites is 1. The van der Waals surface area contributed by atoms with E-state index in [4.69, 9.17) is 4.99 Å². The molecule has 37 heavy (non-hydrogen) atoms. The lowest BCUT2D eigenvalue weighted by molar-refractivity contribution is -0.115. The lowest BCUT2D eigenvalue weighted by atomic mass is 9.90. The summed E-state index contributed by atoms with van der Waals surface area (Å²) in [7, 11) is 0.407. The number of carbonyl (C=O) groups is 1. The van der Waals surface area contributed by atoms with Crippen LogP contribution in [-0.2, 0) is 14.8 Å². The van der Waals surface area contributed by atoms with Crippen LogP contribution in [0.3, 0.4) is 0 Å². The topological polar surface area (TPSA) is 82.1 Å². The summed E-state index contributed by atoms with van der Waals surface area (Å²) in [5.74, 6) is -0.535. The van der Waals surface area contributed by atoms with Crippen molar-refractivity contribution in [2.75, 3.05) is 42.6 Å². The fourth-order valence-electron chi connectivity index (χ4n) is 4.37. The van der Waals surface area contributed by atoms with Gasteiger partial charge in [-0.15, -0.1) is 0 Å². The second-order valence-electron chi connectivity index (χ2n) is 9.43. The number of hydrogen-bond donors (Lipinski definition) is 1. The molecule has 3 aromatic carbocycles. The highest BCUT2D eigenvalue weighted by molar-refractivity contribution is 7.92. The Hall–Kier alpha value is -3.49. The monoisotopic (exact) mass is 518 g/mol. The number of rotatable bonds is 11. The predicted octanol–water partition coefficient (Wildman–Crippen LogP) is 5.04. The molecule has 0 radical (unpaired) electrons. The van der Waals surface area contributed by atoms with Crippen molar-refractivity contribution < 1.29 is 13.2 Å². The summed E-state index contributed by atoms with van der Waals surface area (Å²) in [6.45, 7) is 2.97. The molecule has 0 aliphatic carbocycles. The van der Waals surface area contributed by atoms with Gasteiger partial charge in [0, 0.05) is 18.8 Å². The maximum Gasteiger partial charge on any atom is 0.238 e. The van der Waals surface area contributed by atoms with E-state index in [9.17, 15) is 13.2 Å². The van der Waals surface area contributed by atoms with Gasteiger partial charge in [-0.1, -0.05) is 61.9 Å². The normalized spacial score (nSPS) is 15.5. The average molecular weight is 519 g/mol. The molecule has 1 N–H and O–H groups in total. The van der Waals surface area contributed by atoms with Crippen LogP contribution in [0.5, 0.6) is 0 Å². The minimum atomic E-state index is -3.45. The zero-order valence-electron chi connectivity index (χ0n) is 21.6. The van der Waals surface area contributed by atoms with Crippen LogP contribution < -0.4 is 9.62 Å². The molecule has 0 saturated carbocycles. The Morgan fingerprint density at radius 1 is 0.919 bits per heavy atom. The number of fused-ring (bicyclic) bond motifs is 1. The molecule has 0 bridgehead atoms. The third-order valence-electron chi connectivity index (χ3n) is 6.36. The maximum atomic E-state index is 13.1. The number of anilines is 2. The van der Waals surface area contributed by atoms with Crippen molar-refractivity contribution in [2.24, 2.45) is 4.99 Å². The van der Waals surface area contributed by atoms with E-state index in [1.165, 1.54) is 4.31 Å². The van der Waals surface area contributed by atoms with Gasteiger partial charge in [0.05, 0.1) is 22.8 Å². The lowest BCUT2D eigenvalue weighted by Gasteiger charge is -2.26. The first kappa shape index (κ1) is 26.6. The number of likely N-dealkylation sites (N-methyl/N-ethyl adjacent to an activating group) is 1. The summed E-state index contributed by atoms with van der Waals surface area (Å²) in [6, 6.07) is 24.6. The van der Waals surface area contributed by atoms with Crippen molar-refractivity contribution in [2.45, 2.75) is 25.7 Å². The summed E-state index contributed by atoms with van der Waals surface area (Å²) in [4.78, 5) is 19.9. The number of aliphatic imine (C=N–C) groups is 1. The van der Waals surface area contributed by atoms with Crippen LogP contribution in [0.2, 0.25) is 0 Å².